The summed E-state index contributed by atoms with van der Waals surface area (Å²) < 4.78 is 7.28. The number of nitrogens with two attached hydrogens (primary N) is 1. The molecule has 0 radical (unpaired) electrons. The van der Waals surface area contributed by atoms with Crippen LogP contribution < -0.4 is 11.1 Å². The van der Waals surface area contributed by atoms with Crippen LogP contribution in [-0.2, 0) is 28.9 Å². The van der Waals surface area contributed by atoms with Crippen LogP contribution in [0.4, 0.5) is 5.00 Å². The van der Waals surface area contributed by atoms with Crippen molar-refractivity contribution in [1.29, 1.82) is 0 Å². The summed E-state index contributed by atoms with van der Waals surface area (Å²) in [4.78, 5) is 30.5. The first-order chi connectivity index (χ1) is 14.6. The molecule has 1 aromatic carbocycles. The number of thiophene rings is 1. The van der Waals surface area contributed by atoms with Crippen LogP contribution in [0.1, 0.15) is 33.6 Å². The van der Waals surface area contributed by atoms with Gasteiger partial charge in [0.1, 0.15) is 5.00 Å². The lowest BCUT2D eigenvalue weighted by atomic mass is 9.95. The van der Waals surface area contributed by atoms with Gasteiger partial charge >= 0.3 is 0 Å². The molecule has 0 bridgehead atoms. The molecule has 1 aliphatic rings. The van der Waals surface area contributed by atoms with Gasteiger partial charge in [0.2, 0.25) is 5.91 Å². The molecule has 0 saturated heterocycles. The number of aromatic nitrogens is 2. The van der Waals surface area contributed by atoms with Crippen molar-refractivity contribution in [3.63, 3.8) is 0 Å². The van der Waals surface area contributed by atoms with Crippen LogP contribution in [0.3, 0.4) is 0 Å². The Hall–Kier alpha value is -2.36. The zero-order valence-electron chi connectivity index (χ0n) is 16.8. The van der Waals surface area contributed by atoms with E-state index in [4.69, 9.17) is 10.5 Å². The number of amides is 2. The number of anilines is 1. The van der Waals surface area contributed by atoms with E-state index in [0.29, 0.717) is 23.7 Å². The van der Waals surface area contributed by atoms with Gasteiger partial charge in [0, 0.05) is 18.5 Å². The fraction of sp³-hybridized carbons (Fsp3) is 0.381. The minimum absolute atomic E-state index is 0.175. The first-order valence-electron chi connectivity index (χ1n) is 9.89. The minimum Gasteiger partial charge on any atom is -0.383 e. The van der Waals surface area contributed by atoms with E-state index in [1.807, 2.05) is 24.3 Å². The number of nitrogens with one attached hydrogen (secondary N) is 1. The predicted octanol–water partition coefficient (Wildman–Crippen LogP) is 3.45. The highest BCUT2D eigenvalue weighted by molar-refractivity contribution is 7.99. The molecule has 30 heavy (non-hydrogen) atoms. The van der Waals surface area contributed by atoms with Gasteiger partial charge in [0.25, 0.3) is 5.91 Å². The molecule has 0 fully saturated rings. The zero-order chi connectivity index (χ0) is 21.1. The lowest BCUT2D eigenvalue weighted by Crippen LogP contribution is -2.19. The van der Waals surface area contributed by atoms with E-state index in [1.54, 1.807) is 7.11 Å². The number of imidazole rings is 1. The largest absolute Gasteiger partial charge is 0.383 e. The maximum absolute atomic E-state index is 12.7. The number of benzene rings is 1. The Morgan fingerprint density at radius 1 is 1.30 bits per heavy atom. The highest BCUT2D eigenvalue weighted by Crippen LogP contribution is 2.38. The van der Waals surface area contributed by atoms with E-state index in [-0.39, 0.29) is 11.7 Å². The van der Waals surface area contributed by atoms with Crippen LogP contribution in [-0.4, -0.2) is 40.8 Å². The molecule has 0 atom stereocenters. The third-order valence-corrected chi connectivity index (χ3v) is 7.33. The number of methoxy groups -OCH3 is 1. The van der Waals surface area contributed by atoms with Gasteiger partial charge < -0.3 is 20.4 Å². The summed E-state index contributed by atoms with van der Waals surface area (Å²) in [5.74, 6) is -0.456. The van der Waals surface area contributed by atoms with Gasteiger partial charge in [-0.05, 0) is 43.4 Å². The van der Waals surface area contributed by atoms with Crippen molar-refractivity contribution in [1.82, 2.24) is 9.55 Å². The fourth-order valence-electron chi connectivity index (χ4n) is 3.77. The quantitative estimate of drug-likeness (QED) is 0.519. The first kappa shape index (κ1) is 20.9. The summed E-state index contributed by atoms with van der Waals surface area (Å²) in [6.45, 7) is 1.22. The molecule has 4 rings (SSSR count). The van der Waals surface area contributed by atoms with E-state index in [0.717, 1.165) is 47.4 Å². The molecule has 1 aliphatic carbocycles. The predicted molar refractivity (Wildman–Crippen MR) is 120 cm³/mol. The monoisotopic (exact) mass is 444 g/mol. The van der Waals surface area contributed by atoms with Crippen LogP contribution in [0.15, 0.2) is 29.4 Å². The molecule has 0 saturated carbocycles. The molecule has 7 nitrogen and oxygen atoms in total. The van der Waals surface area contributed by atoms with Gasteiger partial charge in [-0.15, -0.1) is 11.3 Å². The van der Waals surface area contributed by atoms with Crippen LogP contribution >= 0.6 is 23.1 Å². The zero-order valence-corrected chi connectivity index (χ0v) is 18.4. The molecular formula is C21H24N4O3S2. The topological polar surface area (TPSA) is 99.2 Å². The van der Waals surface area contributed by atoms with Gasteiger partial charge in [-0.1, -0.05) is 23.9 Å². The lowest BCUT2D eigenvalue weighted by Gasteiger charge is -2.11. The molecule has 0 unspecified atom stereocenters. The van der Waals surface area contributed by atoms with Gasteiger partial charge in [0.15, 0.2) is 5.16 Å². The fourth-order valence-corrected chi connectivity index (χ4v) is 5.92. The number of aryl methyl sites for hydroxylation is 1. The number of para-hydroxylation sites is 2. The molecular weight excluding hydrogens is 420 g/mol. The van der Waals surface area contributed by atoms with Crippen LogP contribution in [0.2, 0.25) is 0 Å². The van der Waals surface area contributed by atoms with Crippen molar-refractivity contribution >= 4 is 50.9 Å². The Bertz CT molecular complexity index is 1090. The van der Waals surface area contributed by atoms with E-state index in [1.165, 1.54) is 28.0 Å². The summed E-state index contributed by atoms with van der Waals surface area (Å²) in [5.41, 5.74) is 9.02. The molecule has 9 heteroatoms. The molecule has 0 aliphatic heterocycles. The molecule has 3 N–H and O–H groups in total. The lowest BCUT2D eigenvalue weighted by molar-refractivity contribution is -0.113. The maximum Gasteiger partial charge on any atom is 0.251 e. The normalized spacial score (nSPS) is 13.4. The van der Waals surface area contributed by atoms with Gasteiger partial charge in [-0.2, -0.15) is 0 Å². The van der Waals surface area contributed by atoms with E-state index < -0.39 is 5.91 Å². The summed E-state index contributed by atoms with van der Waals surface area (Å²) in [5, 5.41) is 4.26. The van der Waals surface area contributed by atoms with Gasteiger partial charge in [0.05, 0.1) is 29.0 Å². The smallest absolute Gasteiger partial charge is 0.251 e. The summed E-state index contributed by atoms with van der Waals surface area (Å²) in [6.07, 6.45) is 3.93. The highest BCUT2D eigenvalue weighted by Gasteiger charge is 2.25. The van der Waals surface area contributed by atoms with Crippen molar-refractivity contribution in [2.75, 3.05) is 24.8 Å². The number of rotatable bonds is 8. The molecule has 2 aromatic heterocycles. The first-order valence-corrected chi connectivity index (χ1v) is 11.7. The van der Waals surface area contributed by atoms with Crippen molar-refractivity contribution in [2.45, 2.75) is 37.4 Å². The second-order valence-electron chi connectivity index (χ2n) is 7.14. The van der Waals surface area contributed by atoms with Crippen molar-refractivity contribution in [3.05, 3.63) is 40.3 Å². The number of carbonyl (C=O) groups excluding carboxylic acids is 2. The minimum atomic E-state index is -0.473. The number of ether oxygens (including phenoxy) is 1. The highest BCUT2D eigenvalue weighted by atomic mass is 32.2. The van der Waals surface area contributed by atoms with Crippen LogP contribution in [0, 0.1) is 0 Å². The number of hydrogen-bond donors (Lipinski definition) is 2. The Labute approximate surface area is 183 Å². The van der Waals surface area contributed by atoms with Crippen molar-refractivity contribution < 1.29 is 14.3 Å². The van der Waals surface area contributed by atoms with Crippen LogP contribution in [0.5, 0.6) is 0 Å². The number of nitrogens with zero attached hydrogens (tertiary/aromatic N) is 2. The Morgan fingerprint density at radius 2 is 2.10 bits per heavy atom. The van der Waals surface area contributed by atoms with Gasteiger partial charge in [-0.3, -0.25) is 9.59 Å². The number of primary amides is 1. The molecule has 3 aromatic rings. The number of fused-ring (bicyclic) bond motifs is 2. The second-order valence-corrected chi connectivity index (χ2v) is 9.19. The number of thioether (sulfide) groups is 1. The van der Waals surface area contributed by atoms with E-state index in [2.05, 4.69) is 14.9 Å². The molecule has 0 spiro atoms. The Kier molecular flexibility index (Phi) is 6.40. The summed E-state index contributed by atoms with van der Waals surface area (Å²) >= 11 is 2.85. The average molecular weight is 445 g/mol. The SMILES string of the molecule is COCCn1c(SCC(=O)Nc2sc3c(c2C(N)=O)CCCC3)nc2ccccc21. The molecule has 2 heterocycles. The third-order valence-electron chi connectivity index (χ3n) is 5.14. The standard InChI is InChI=1S/C21H24N4O3S2/c1-28-11-10-25-15-8-4-3-7-14(15)23-21(25)29-12-17(26)24-20-18(19(22)27)13-6-2-5-9-16(13)30-20/h3-4,7-8H,2,5-6,9-12H2,1H3,(H2,22,27)(H,24,26). The Balaban J connectivity index is 1.50. The van der Waals surface area contributed by atoms with E-state index >= 15 is 0 Å². The molecule has 158 valence electrons. The maximum atomic E-state index is 12.7. The number of hydrogen-bond acceptors (Lipinski definition) is 6. The van der Waals surface area contributed by atoms with Crippen molar-refractivity contribution in [3.8, 4) is 0 Å². The second kappa shape index (κ2) is 9.20. The van der Waals surface area contributed by atoms with Crippen LogP contribution in [0.25, 0.3) is 11.0 Å². The average Bonchev–Trinajstić information content (AvgIpc) is 3.28. The molecule has 2 amide bonds. The van der Waals surface area contributed by atoms with Crippen molar-refractivity contribution in [2.24, 2.45) is 5.73 Å². The van der Waals surface area contributed by atoms with E-state index in [9.17, 15) is 9.59 Å². The Morgan fingerprint density at radius 3 is 2.90 bits per heavy atom. The number of carbonyl (C=O) groups is 2. The third kappa shape index (κ3) is 4.23. The summed E-state index contributed by atoms with van der Waals surface area (Å²) in [7, 11) is 1.66. The summed E-state index contributed by atoms with van der Waals surface area (Å²) in [6, 6.07) is 7.88. The van der Waals surface area contributed by atoms with Gasteiger partial charge in [-0.25, -0.2) is 4.98 Å².